The maximum absolute atomic E-state index is 11.5. The fraction of sp³-hybridized carbons (Fsp3) is 0. The molecule has 3 rings (SSSR count). The number of fused-ring (bicyclic) bond motifs is 1. The third-order valence-electron chi connectivity index (χ3n) is 3.15. The van der Waals surface area contributed by atoms with Gasteiger partial charge in [0.25, 0.3) is 0 Å². The number of carboxylic acids is 1. The predicted octanol–water partition coefficient (Wildman–Crippen LogP) is 4.91. The minimum absolute atomic E-state index is 0.196. The monoisotopic (exact) mass is 317 g/mol. The highest BCUT2D eigenvalue weighted by Crippen LogP contribution is 2.31. The van der Waals surface area contributed by atoms with Crippen LogP contribution in [0.4, 0.5) is 0 Å². The number of aromatic carboxylic acids is 1. The fourth-order valence-electron chi connectivity index (χ4n) is 2.19. The molecule has 0 bridgehead atoms. The van der Waals surface area contributed by atoms with E-state index in [-0.39, 0.29) is 5.56 Å². The molecule has 0 atom stereocenters. The molecule has 0 unspecified atom stereocenters. The van der Waals surface area contributed by atoms with Gasteiger partial charge in [-0.25, -0.2) is 9.78 Å². The van der Waals surface area contributed by atoms with E-state index < -0.39 is 5.97 Å². The van der Waals surface area contributed by atoms with Crippen LogP contribution in [0.1, 0.15) is 10.4 Å². The van der Waals surface area contributed by atoms with Crippen LogP contribution in [0.5, 0.6) is 0 Å². The van der Waals surface area contributed by atoms with Gasteiger partial charge in [-0.2, -0.15) is 0 Å². The Kier molecular flexibility index (Phi) is 3.53. The number of halogens is 2. The SMILES string of the molecule is O=C(O)c1cc(-c2ccc(Cl)cc2Cl)nc2ccccc12. The molecule has 2 aromatic carbocycles. The molecule has 0 aliphatic carbocycles. The summed E-state index contributed by atoms with van der Waals surface area (Å²) in [6, 6.07) is 13.7. The number of benzene rings is 2. The quantitative estimate of drug-likeness (QED) is 0.730. The highest BCUT2D eigenvalue weighted by molar-refractivity contribution is 6.36. The number of nitrogens with zero attached hydrogens (tertiary/aromatic N) is 1. The van der Waals surface area contributed by atoms with Gasteiger partial charge in [0.15, 0.2) is 0 Å². The van der Waals surface area contributed by atoms with Gasteiger partial charge in [-0.05, 0) is 30.3 Å². The zero-order valence-electron chi connectivity index (χ0n) is 10.7. The molecule has 0 saturated heterocycles. The van der Waals surface area contributed by atoms with Crippen LogP contribution >= 0.6 is 23.2 Å². The minimum Gasteiger partial charge on any atom is -0.478 e. The van der Waals surface area contributed by atoms with E-state index in [1.807, 2.05) is 6.07 Å². The topological polar surface area (TPSA) is 50.2 Å². The standard InChI is InChI=1S/C16H9Cl2NO2/c17-9-5-6-11(13(18)7-9)15-8-12(16(20)21)10-3-1-2-4-14(10)19-15/h1-8H,(H,20,21). The van der Waals surface area contributed by atoms with Crippen molar-refractivity contribution in [3.05, 3.63) is 64.1 Å². The first-order valence-electron chi connectivity index (χ1n) is 6.15. The summed E-state index contributed by atoms with van der Waals surface area (Å²) in [7, 11) is 0. The molecule has 3 nitrogen and oxygen atoms in total. The Hall–Kier alpha value is -2.10. The van der Waals surface area contributed by atoms with Crippen LogP contribution in [-0.2, 0) is 0 Å². The number of pyridine rings is 1. The molecular weight excluding hydrogens is 309 g/mol. The summed E-state index contributed by atoms with van der Waals surface area (Å²) >= 11 is 12.1. The Morgan fingerprint density at radius 1 is 1.05 bits per heavy atom. The minimum atomic E-state index is -1.00. The lowest BCUT2D eigenvalue weighted by molar-refractivity contribution is 0.0699. The fourth-order valence-corrected chi connectivity index (χ4v) is 2.69. The van der Waals surface area contributed by atoms with Crippen molar-refractivity contribution in [2.24, 2.45) is 0 Å². The van der Waals surface area contributed by atoms with E-state index in [1.54, 1.807) is 36.4 Å². The number of carbonyl (C=O) groups is 1. The molecule has 0 fully saturated rings. The molecule has 0 saturated carbocycles. The van der Waals surface area contributed by atoms with Crippen molar-refractivity contribution in [2.75, 3.05) is 0 Å². The lowest BCUT2D eigenvalue weighted by Crippen LogP contribution is -2.00. The van der Waals surface area contributed by atoms with Gasteiger partial charge < -0.3 is 5.11 Å². The van der Waals surface area contributed by atoms with E-state index in [0.717, 1.165) is 0 Å². The van der Waals surface area contributed by atoms with Gasteiger partial charge in [0.1, 0.15) is 0 Å². The van der Waals surface area contributed by atoms with Crippen molar-refractivity contribution in [3.63, 3.8) is 0 Å². The zero-order chi connectivity index (χ0) is 15.0. The Morgan fingerprint density at radius 2 is 1.81 bits per heavy atom. The third-order valence-corrected chi connectivity index (χ3v) is 3.70. The molecule has 1 heterocycles. The molecule has 104 valence electrons. The van der Waals surface area contributed by atoms with Crippen molar-refractivity contribution >= 4 is 40.1 Å². The van der Waals surface area contributed by atoms with Crippen LogP contribution in [0.25, 0.3) is 22.2 Å². The summed E-state index contributed by atoms with van der Waals surface area (Å²) < 4.78 is 0. The summed E-state index contributed by atoms with van der Waals surface area (Å²) in [6.07, 6.45) is 0. The third kappa shape index (κ3) is 2.58. The molecule has 0 amide bonds. The lowest BCUT2D eigenvalue weighted by atomic mass is 10.0. The Morgan fingerprint density at radius 3 is 2.52 bits per heavy atom. The van der Waals surface area contributed by atoms with Crippen molar-refractivity contribution in [2.45, 2.75) is 0 Å². The van der Waals surface area contributed by atoms with Gasteiger partial charge in [-0.15, -0.1) is 0 Å². The second kappa shape index (κ2) is 5.35. The molecule has 3 aromatic rings. The number of rotatable bonds is 2. The maximum Gasteiger partial charge on any atom is 0.336 e. The molecule has 21 heavy (non-hydrogen) atoms. The maximum atomic E-state index is 11.5. The highest BCUT2D eigenvalue weighted by Gasteiger charge is 2.14. The van der Waals surface area contributed by atoms with Crippen LogP contribution in [0.3, 0.4) is 0 Å². The van der Waals surface area contributed by atoms with E-state index in [0.29, 0.717) is 32.2 Å². The summed E-state index contributed by atoms with van der Waals surface area (Å²) in [4.78, 5) is 15.9. The molecule has 5 heteroatoms. The molecule has 0 aliphatic rings. The van der Waals surface area contributed by atoms with Crippen LogP contribution in [0.15, 0.2) is 48.5 Å². The molecule has 0 spiro atoms. The van der Waals surface area contributed by atoms with Gasteiger partial charge >= 0.3 is 5.97 Å². The van der Waals surface area contributed by atoms with Crippen molar-refractivity contribution in [1.82, 2.24) is 4.98 Å². The van der Waals surface area contributed by atoms with E-state index >= 15 is 0 Å². The average molecular weight is 318 g/mol. The van der Waals surface area contributed by atoms with E-state index in [9.17, 15) is 9.90 Å². The first-order valence-corrected chi connectivity index (χ1v) is 6.90. The molecular formula is C16H9Cl2NO2. The van der Waals surface area contributed by atoms with E-state index in [2.05, 4.69) is 4.98 Å². The molecule has 0 radical (unpaired) electrons. The van der Waals surface area contributed by atoms with Gasteiger partial charge in [0, 0.05) is 16.0 Å². The summed E-state index contributed by atoms with van der Waals surface area (Å²) in [5.41, 5.74) is 1.96. The largest absolute Gasteiger partial charge is 0.478 e. The predicted molar refractivity (Wildman–Crippen MR) is 84.2 cm³/mol. The van der Waals surface area contributed by atoms with Crippen LogP contribution < -0.4 is 0 Å². The van der Waals surface area contributed by atoms with Crippen LogP contribution in [-0.4, -0.2) is 16.1 Å². The van der Waals surface area contributed by atoms with Gasteiger partial charge in [0.2, 0.25) is 0 Å². The number of para-hydroxylation sites is 1. The van der Waals surface area contributed by atoms with Crippen molar-refractivity contribution in [1.29, 1.82) is 0 Å². The number of hydrogen-bond acceptors (Lipinski definition) is 2. The Labute approximate surface area is 130 Å². The lowest BCUT2D eigenvalue weighted by Gasteiger charge is -2.08. The number of hydrogen-bond donors (Lipinski definition) is 1. The van der Waals surface area contributed by atoms with Gasteiger partial charge in [0.05, 0.1) is 21.8 Å². The Bertz CT molecular complexity index is 862. The highest BCUT2D eigenvalue weighted by atomic mass is 35.5. The first kappa shape index (κ1) is 13.9. The van der Waals surface area contributed by atoms with Gasteiger partial charge in [-0.3, -0.25) is 0 Å². The Balaban J connectivity index is 2.31. The second-order valence-electron chi connectivity index (χ2n) is 4.50. The normalized spacial score (nSPS) is 10.8. The van der Waals surface area contributed by atoms with Crippen LogP contribution in [0, 0.1) is 0 Å². The van der Waals surface area contributed by atoms with Crippen LogP contribution in [0.2, 0.25) is 10.0 Å². The average Bonchev–Trinajstić information content (AvgIpc) is 2.46. The molecule has 0 aliphatic heterocycles. The second-order valence-corrected chi connectivity index (χ2v) is 5.35. The summed E-state index contributed by atoms with van der Waals surface area (Å²) in [6.45, 7) is 0. The van der Waals surface area contributed by atoms with E-state index in [4.69, 9.17) is 23.2 Å². The first-order chi connectivity index (χ1) is 10.1. The summed E-state index contributed by atoms with van der Waals surface area (Å²) in [5.74, 6) is -1.00. The molecule has 1 aromatic heterocycles. The molecule has 1 N–H and O–H groups in total. The smallest absolute Gasteiger partial charge is 0.336 e. The van der Waals surface area contributed by atoms with Crippen molar-refractivity contribution in [3.8, 4) is 11.3 Å². The number of carboxylic acid groups (broad SMARTS) is 1. The van der Waals surface area contributed by atoms with Crippen molar-refractivity contribution < 1.29 is 9.90 Å². The van der Waals surface area contributed by atoms with E-state index in [1.165, 1.54) is 6.07 Å². The van der Waals surface area contributed by atoms with Gasteiger partial charge in [-0.1, -0.05) is 41.4 Å². The zero-order valence-corrected chi connectivity index (χ0v) is 12.2. The number of aromatic nitrogens is 1. The summed E-state index contributed by atoms with van der Waals surface area (Å²) in [5, 5.41) is 10.9.